The van der Waals surface area contributed by atoms with E-state index in [0.29, 0.717) is 0 Å². The summed E-state index contributed by atoms with van der Waals surface area (Å²) in [6, 6.07) is 29.7. The second kappa shape index (κ2) is 6.28. The summed E-state index contributed by atoms with van der Waals surface area (Å²) in [5, 5.41) is 0. The Morgan fingerprint density at radius 1 is 0.514 bits per heavy atom. The maximum atomic E-state index is 4.77. The molecule has 2 aliphatic heterocycles. The summed E-state index contributed by atoms with van der Waals surface area (Å²) in [6.45, 7) is 0. The molecule has 2 aliphatic carbocycles. The lowest BCUT2D eigenvalue weighted by Gasteiger charge is -2.39. The summed E-state index contributed by atoms with van der Waals surface area (Å²) in [5.74, 6) is 0. The molecule has 164 valence electrons. The van der Waals surface area contributed by atoms with Crippen LogP contribution in [0.3, 0.4) is 0 Å². The number of benzene rings is 4. The Hall–Kier alpha value is -4.17. The van der Waals surface area contributed by atoms with E-state index in [0.717, 1.165) is 25.7 Å². The SMILES string of the molecule is c1ccc2c(c1)Cc1ccc3c(c1-2)Cc1ccc2c(c1-3)Cc1cccc3c1N2c1cccnc1C3. The second-order valence-corrected chi connectivity index (χ2v) is 10.3. The molecule has 0 unspecified atom stereocenters. The van der Waals surface area contributed by atoms with E-state index in [-0.39, 0.29) is 0 Å². The number of para-hydroxylation sites is 1. The molecule has 0 saturated carbocycles. The zero-order valence-electron chi connectivity index (χ0n) is 19.3. The summed E-state index contributed by atoms with van der Waals surface area (Å²) < 4.78 is 0. The Morgan fingerprint density at radius 3 is 2.26 bits per heavy atom. The van der Waals surface area contributed by atoms with E-state index in [1.54, 1.807) is 0 Å². The van der Waals surface area contributed by atoms with Crippen LogP contribution in [0.15, 0.2) is 85.1 Å². The molecule has 0 spiro atoms. The van der Waals surface area contributed by atoms with Gasteiger partial charge in [-0.2, -0.15) is 0 Å². The predicted octanol–water partition coefficient (Wildman–Crippen LogP) is 7.50. The number of rotatable bonds is 0. The second-order valence-electron chi connectivity index (χ2n) is 10.3. The predicted molar refractivity (Wildman–Crippen MR) is 141 cm³/mol. The largest absolute Gasteiger partial charge is 0.308 e. The Labute approximate surface area is 204 Å². The Kier molecular flexibility index (Phi) is 3.27. The van der Waals surface area contributed by atoms with E-state index in [1.165, 1.54) is 84.0 Å². The van der Waals surface area contributed by atoms with Crippen molar-refractivity contribution in [3.63, 3.8) is 0 Å². The van der Waals surface area contributed by atoms with Crippen molar-refractivity contribution in [3.05, 3.63) is 130 Å². The minimum atomic E-state index is 0.907. The van der Waals surface area contributed by atoms with E-state index in [2.05, 4.69) is 83.8 Å². The zero-order chi connectivity index (χ0) is 22.7. The van der Waals surface area contributed by atoms with Crippen LogP contribution in [0, 0.1) is 0 Å². The van der Waals surface area contributed by atoms with Gasteiger partial charge in [0.25, 0.3) is 0 Å². The number of nitrogens with zero attached hydrogens (tertiary/aromatic N) is 2. The van der Waals surface area contributed by atoms with Crippen LogP contribution in [0.1, 0.15) is 44.6 Å². The molecule has 2 heteroatoms. The molecule has 0 fully saturated rings. The fraction of sp³-hybridized carbons (Fsp3) is 0.121. The molecule has 9 rings (SSSR count). The van der Waals surface area contributed by atoms with Crippen molar-refractivity contribution in [2.24, 2.45) is 0 Å². The van der Waals surface area contributed by atoms with Crippen LogP contribution in [0.4, 0.5) is 17.1 Å². The number of fused-ring (bicyclic) bond motifs is 12. The van der Waals surface area contributed by atoms with Crippen molar-refractivity contribution in [2.45, 2.75) is 25.7 Å². The molecule has 35 heavy (non-hydrogen) atoms. The third-order valence-electron chi connectivity index (χ3n) is 8.58. The van der Waals surface area contributed by atoms with Crippen molar-refractivity contribution < 1.29 is 0 Å². The Bertz CT molecular complexity index is 1760. The summed E-state index contributed by atoms with van der Waals surface area (Å²) in [4.78, 5) is 7.27. The highest BCUT2D eigenvalue weighted by Crippen LogP contribution is 2.55. The van der Waals surface area contributed by atoms with Gasteiger partial charge in [-0.1, -0.05) is 60.7 Å². The summed E-state index contributed by atoms with van der Waals surface area (Å²) in [6.07, 6.45) is 5.91. The third kappa shape index (κ3) is 2.23. The molecule has 3 heterocycles. The van der Waals surface area contributed by atoms with Crippen molar-refractivity contribution in [1.29, 1.82) is 0 Å². The van der Waals surface area contributed by atoms with E-state index in [4.69, 9.17) is 4.98 Å². The molecule has 0 saturated heterocycles. The first-order valence-corrected chi connectivity index (χ1v) is 12.6. The van der Waals surface area contributed by atoms with Crippen LogP contribution in [0.25, 0.3) is 22.3 Å². The minimum Gasteiger partial charge on any atom is -0.308 e. The first-order chi connectivity index (χ1) is 17.3. The highest BCUT2D eigenvalue weighted by Gasteiger charge is 2.36. The quantitative estimate of drug-likeness (QED) is 0.240. The lowest BCUT2D eigenvalue weighted by Crippen LogP contribution is -2.25. The zero-order valence-corrected chi connectivity index (χ0v) is 19.3. The maximum absolute atomic E-state index is 4.77. The molecular formula is C33H22N2. The third-order valence-corrected chi connectivity index (χ3v) is 8.58. The van der Waals surface area contributed by atoms with Gasteiger partial charge in [0.1, 0.15) is 0 Å². The van der Waals surface area contributed by atoms with Gasteiger partial charge in [-0.3, -0.25) is 4.98 Å². The van der Waals surface area contributed by atoms with E-state index in [9.17, 15) is 0 Å². The van der Waals surface area contributed by atoms with E-state index in [1.807, 2.05) is 6.20 Å². The van der Waals surface area contributed by atoms with Gasteiger partial charge in [0.15, 0.2) is 0 Å². The van der Waals surface area contributed by atoms with Crippen LogP contribution in [0.2, 0.25) is 0 Å². The van der Waals surface area contributed by atoms with Gasteiger partial charge in [-0.25, -0.2) is 0 Å². The molecular weight excluding hydrogens is 424 g/mol. The number of hydrogen-bond donors (Lipinski definition) is 0. The van der Waals surface area contributed by atoms with Crippen molar-refractivity contribution in [2.75, 3.05) is 4.90 Å². The summed E-state index contributed by atoms with van der Waals surface area (Å²) in [7, 11) is 0. The van der Waals surface area contributed by atoms with Crippen LogP contribution in [0.5, 0.6) is 0 Å². The van der Waals surface area contributed by atoms with Crippen molar-refractivity contribution in [1.82, 2.24) is 4.98 Å². The molecule has 2 nitrogen and oxygen atoms in total. The first-order valence-electron chi connectivity index (χ1n) is 12.6. The fourth-order valence-corrected chi connectivity index (χ4v) is 7.20. The Morgan fingerprint density at radius 2 is 1.29 bits per heavy atom. The monoisotopic (exact) mass is 446 g/mol. The van der Waals surface area contributed by atoms with Crippen molar-refractivity contribution >= 4 is 17.1 Å². The molecule has 4 aliphatic rings. The standard InChI is InChI=1S/C33H22N2/c1-2-8-24-19(5-1)15-20-10-12-25-26(31(20)24)16-21-11-13-29-27(32(21)25)17-22-6-3-7-23-18-28-30(9-4-14-34-28)35(29)33(22)23/h1-14H,15-18H2. The Balaban J connectivity index is 1.31. The van der Waals surface area contributed by atoms with Gasteiger partial charge in [0.05, 0.1) is 22.8 Å². The lowest BCUT2D eigenvalue weighted by molar-refractivity contribution is 0.971. The number of anilines is 3. The molecule has 0 atom stereocenters. The molecule has 0 N–H and O–H groups in total. The molecule has 0 radical (unpaired) electrons. The van der Waals surface area contributed by atoms with Crippen LogP contribution in [-0.4, -0.2) is 4.98 Å². The van der Waals surface area contributed by atoms with Gasteiger partial charge in [-0.15, -0.1) is 0 Å². The minimum absolute atomic E-state index is 0.907. The number of aromatic nitrogens is 1. The molecule has 5 aromatic rings. The highest BCUT2D eigenvalue weighted by atomic mass is 15.2. The smallest absolute Gasteiger partial charge is 0.0688 e. The van der Waals surface area contributed by atoms with Crippen LogP contribution in [-0.2, 0) is 25.7 Å². The maximum Gasteiger partial charge on any atom is 0.0688 e. The molecule has 0 bridgehead atoms. The number of pyridine rings is 1. The van der Waals surface area contributed by atoms with Gasteiger partial charge >= 0.3 is 0 Å². The van der Waals surface area contributed by atoms with Gasteiger partial charge in [0.2, 0.25) is 0 Å². The van der Waals surface area contributed by atoms with Crippen LogP contribution >= 0.6 is 0 Å². The van der Waals surface area contributed by atoms with Crippen LogP contribution < -0.4 is 4.90 Å². The summed E-state index contributed by atoms with van der Waals surface area (Å²) >= 11 is 0. The van der Waals surface area contributed by atoms with E-state index >= 15 is 0 Å². The average Bonchev–Trinajstić information content (AvgIpc) is 3.47. The summed E-state index contributed by atoms with van der Waals surface area (Å²) in [5.41, 5.74) is 21.2. The molecule has 1 aromatic heterocycles. The highest BCUT2D eigenvalue weighted by molar-refractivity contribution is 5.96. The fourth-order valence-electron chi connectivity index (χ4n) is 7.20. The molecule has 0 amide bonds. The van der Waals surface area contributed by atoms with E-state index < -0.39 is 0 Å². The van der Waals surface area contributed by atoms with Gasteiger partial charge in [-0.05, 0) is 92.2 Å². The topological polar surface area (TPSA) is 16.1 Å². The average molecular weight is 447 g/mol. The van der Waals surface area contributed by atoms with Gasteiger partial charge in [0, 0.05) is 19.0 Å². The normalized spacial score (nSPS) is 14.9. The van der Waals surface area contributed by atoms with Gasteiger partial charge < -0.3 is 4.90 Å². The molecule has 4 aromatic carbocycles. The number of hydrogen-bond acceptors (Lipinski definition) is 2. The van der Waals surface area contributed by atoms with Crippen molar-refractivity contribution in [3.8, 4) is 22.3 Å². The lowest BCUT2D eigenvalue weighted by atomic mass is 9.84. The first kappa shape index (κ1) is 18.2.